The molecule has 0 saturated heterocycles. The monoisotopic (exact) mass is 248 g/mol. The van der Waals surface area contributed by atoms with Gasteiger partial charge < -0.3 is 0 Å². The minimum atomic E-state index is 0.506. The van der Waals surface area contributed by atoms with Crippen LogP contribution in [0.25, 0.3) is 0 Å². The molecule has 2 saturated carbocycles. The summed E-state index contributed by atoms with van der Waals surface area (Å²) in [6, 6.07) is 0. The lowest BCUT2D eigenvalue weighted by molar-refractivity contribution is -0.0386. The molecule has 2 rings (SSSR count). The van der Waals surface area contributed by atoms with Crippen LogP contribution in [0.2, 0.25) is 0 Å². The Bertz CT molecular complexity index is 338. The second-order valence-corrected chi connectivity index (χ2v) is 8.39. The molecule has 0 nitrogen and oxygen atoms in total. The smallest absolute Gasteiger partial charge is 0.0220 e. The largest absolute Gasteiger partial charge is 0.0999 e. The van der Waals surface area contributed by atoms with Crippen molar-refractivity contribution in [2.24, 2.45) is 22.2 Å². The summed E-state index contributed by atoms with van der Waals surface area (Å²) in [5, 5.41) is 0. The molecule has 2 fully saturated rings. The van der Waals surface area contributed by atoms with E-state index in [1.54, 1.807) is 0 Å². The first-order valence-corrected chi connectivity index (χ1v) is 7.87. The van der Waals surface area contributed by atoms with Crippen molar-refractivity contribution in [1.82, 2.24) is 0 Å². The molecule has 0 aliphatic heterocycles. The van der Waals surface area contributed by atoms with Gasteiger partial charge in [0.15, 0.2) is 0 Å². The maximum absolute atomic E-state index is 4.28. The van der Waals surface area contributed by atoms with Crippen molar-refractivity contribution >= 4 is 0 Å². The maximum atomic E-state index is 4.28. The SMILES string of the molecule is C=C1CC[C@@](C)([C@@]2(C)CCCC2(C)C)CC(C)C1. The minimum Gasteiger partial charge on any atom is -0.0999 e. The second-order valence-electron chi connectivity index (χ2n) is 8.39. The Morgan fingerprint density at radius 3 is 2.28 bits per heavy atom. The van der Waals surface area contributed by atoms with Gasteiger partial charge in [0.2, 0.25) is 0 Å². The van der Waals surface area contributed by atoms with Crippen LogP contribution in [0, 0.1) is 22.2 Å². The summed E-state index contributed by atoms with van der Waals surface area (Å²) in [5.74, 6) is 0.818. The summed E-state index contributed by atoms with van der Waals surface area (Å²) in [6.45, 7) is 16.9. The summed E-state index contributed by atoms with van der Waals surface area (Å²) < 4.78 is 0. The molecule has 0 aromatic heterocycles. The quantitative estimate of drug-likeness (QED) is 0.396. The third-order valence-electron chi connectivity index (χ3n) is 6.77. The standard InChI is InChI=1S/C18H32/c1-14-8-11-17(5,13-15(2)12-14)18(6)10-7-9-16(18,3)4/h15H,1,7-13H2,2-6H3/t15?,17-,18+/m1/s1. The third-order valence-corrected chi connectivity index (χ3v) is 6.77. The van der Waals surface area contributed by atoms with Crippen molar-refractivity contribution in [3.8, 4) is 0 Å². The van der Waals surface area contributed by atoms with E-state index >= 15 is 0 Å². The lowest BCUT2D eigenvalue weighted by Gasteiger charge is -2.53. The van der Waals surface area contributed by atoms with Crippen molar-refractivity contribution in [3.63, 3.8) is 0 Å². The van der Waals surface area contributed by atoms with E-state index in [-0.39, 0.29) is 0 Å². The highest BCUT2D eigenvalue weighted by molar-refractivity contribution is 5.09. The molecule has 2 aliphatic rings. The Morgan fingerprint density at radius 1 is 1.06 bits per heavy atom. The highest BCUT2D eigenvalue weighted by atomic mass is 14.6. The van der Waals surface area contributed by atoms with Gasteiger partial charge in [-0.2, -0.15) is 0 Å². The fourth-order valence-electron chi connectivity index (χ4n) is 5.11. The van der Waals surface area contributed by atoms with Crippen LogP contribution in [0.3, 0.4) is 0 Å². The Kier molecular flexibility index (Phi) is 3.45. The van der Waals surface area contributed by atoms with Crippen LogP contribution >= 0.6 is 0 Å². The number of allylic oxidation sites excluding steroid dienone is 1. The number of hydrogen-bond donors (Lipinski definition) is 0. The Morgan fingerprint density at radius 2 is 1.72 bits per heavy atom. The summed E-state index contributed by atoms with van der Waals surface area (Å²) in [7, 11) is 0. The molecule has 104 valence electrons. The molecule has 0 aromatic carbocycles. The van der Waals surface area contributed by atoms with Gasteiger partial charge in [-0.05, 0) is 60.7 Å². The van der Waals surface area contributed by atoms with Crippen LogP contribution in [-0.2, 0) is 0 Å². The molecule has 3 atom stereocenters. The zero-order valence-electron chi connectivity index (χ0n) is 13.2. The second kappa shape index (κ2) is 4.39. The van der Waals surface area contributed by atoms with E-state index < -0.39 is 0 Å². The van der Waals surface area contributed by atoms with E-state index in [2.05, 4.69) is 41.2 Å². The topological polar surface area (TPSA) is 0 Å². The van der Waals surface area contributed by atoms with Gasteiger partial charge >= 0.3 is 0 Å². The van der Waals surface area contributed by atoms with Gasteiger partial charge in [0.05, 0.1) is 0 Å². The molecular weight excluding hydrogens is 216 g/mol. The third kappa shape index (κ3) is 2.06. The predicted octanol–water partition coefficient (Wildman–Crippen LogP) is 5.98. The lowest BCUT2D eigenvalue weighted by Crippen LogP contribution is -2.45. The van der Waals surface area contributed by atoms with E-state index in [1.165, 1.54) is 50.5 Å². The summed E-state index contributed by atoms with van der Waals surface area (Å²) in [4.78, 5) is 0. The lowest BCUT2D eigenvalue weighted by atomic mass is 9.52. The highest BCUT2D eigenvalue weighted by Crippen LogP contribution is 2.65. The van der Waals surface area contributed by atoms with Gasteiger partial charge in [0.25, 0.3) is 0 Å². The van der Waals surface area contributed by atoms with Crippen LogP contribution < -0.4 is 0 Å². The van der Waals surface area contributed by atoms with Crippen molar-refractivity contribution < 1.29 is 0 Å². The molecule has 1 unspecified atom stereocenters. The average molecular weight is 248 g/mol. The minimum absolute atomic E-state index is 0.506. The number of hydrogen-bond acceptors (Lipinski definition) is 0. The van der Waals surface area contributed by atoms with Gasteiger partial charge in [-0.15, -0.1) is 0 Å². The van der Waals surface area contributed by atoms with Crippen molar-refractivity contribution in [3.05, 3.63) is 12.2 Å². The van der Waals surface area contributed by atoms with Crippen molar-refractivity contribution in [2.75, 3.05) is 0 Å². The molecular formula is C18H32. The Balaban J connectivity index is 2.32. The zero-order chi connectivity index (χ0) is 13.6. The van der Waals surface area contributed by atoms with Crippen molar-refractivity contribution in [1.29, 1.82) is 0 Å². The van der Waals surface area contributed by atoms with Crippen molar-refractivity contribution in [2.45, 2.75) is 79.6 Å². The molecule has 0 N–H and O–H groups in total. The molecule has 0 heteroatoms. The predicted molar refractivity (Wildman–Crippen MR) is 80.6 cm³/mol. The highest BCUT2D eigenvalue weighted by Gasteiger charge is 2.55. The molecule has 0 heterocycles. The van der Waals surface area contributed by atoms with Crippen LogP contribution in [0.15, 0.2) is 12.2 Å². The van der Waals surface area contributed by atoms with Crippen LogP contribution in [0.1, 0.15) is 79.6 Å². The normalized spacial score (nSPS) is 44.9. The first kappa shape index (κ1) is 14.2. The van der Waals surface area contributed by atoms with Gasteiger partial charge in [0, 0.05) is 0 Å². The number of rotatable bonds is 1. The van der Waals surface area contributed by atoms with E-state index in [0.717, 1.165) is 5.92 Å². The first-order valence-electron chi connectivity index (χ1n) is 7.87. The van der Waals surface area contributed by atoms with Gasteiger partial charge in [-0.3, -0.25) is 0 Å². The van der Waals surface area contributed by atoms with Gasteiger partial charge in [0.1, 0.15) is 0 Å². The molecule has 2 aliphatic carbocycles. The fourth-order valence-corrected chi connectivity index (χ4v) is 5.11. The van der Waals surface area contributed by atoms with E-state index in [1.807, 2.05) is 0 Å². The molecule has 0 bridgehead atoms. The summed E-state index contributed by atoms with van der Waals surface area (Å²) >= 11 is 0. The first-order chi connectivity index (χ1) is 8.20. The zero-order valence-corrected chi connectivity index (χ0v) is 13.2. The summed E-state index contributed by atoms with van der Waals surface area (Å²) in [6.07, 6.45) is 9.53. The fraction of sp³-hybridized carbons (Fsp3) is 0.889. The maximum Gasteiger partial charge on any atom is -0.0220 e. The molecule has 0 aromatic rings. The summed E-state index contributed by atoms with van der Waals surface area (Å²) in [5.41, 5.74) is 3.02. The van der Waals surface area contributed by atoms with Gasteiger partial charge in [-0.25, -0.2) is 0 Å². The van der Waals surface area contributed by atoms with E-state index in [4.69, 9.17) is 0 Å². The molecule has 18 heavy (non-hydrogen) atoms. The molecule has 0 radical (unpaired) electrons. The Hall–Kier alpha value is -0.260. The van der Waals surface area contributed by atoms with E-state index in [9.17, 15) is 0 Å². The van der Waals surface area contributed by atoms with Crippen LogP contribution in [0.5, 0.6) is 0 Å². The molecule has 0 amide bonds. The average Bonchev–Trinajstić information content (AvgIpc) is 2.42. The molecule has 0 spiro atoms. The van der Waals surface area contributed by atoms with Crippen LogP contribution in [0.4, 0.5) is 0 Å². The van der Waals surface area contributed by atoms with E-state index in [0.29, 0.717) is 16.2 Å². The van der Waals surface area contributed by atoms with Gasteiger partial charge in [-0.1, -0.05) is 53.2 Å². The Labute approximate surface area is 114 Å². The van der Waals surface area contributed by atoms with Crippen LogP contribution in [-0.4, -0.2) is 0 Å².